The monoisotopic (exact) mass is 678 g/mol. The molecule has 0 bridgehead atoms. The van der Waals surface area contributed by atoms with Gasteiger partial charge in [-0.15, -0.1) is 11.8 Å². The van der Waals surface area contributed by atoms with E-state index in [0.29, 0.717) is 0 Å². The molecule has 0 N–H and O–H groups in total. The number of aryl methyl sites for hydroxylation is 4. The fourth-order valence-electron chi connectivity index (χ4n) is 6.67. The fraction of sp³-hybridized carbons (Fsp3) is 0.200. The Morgan fingerprint density at radius 2 is 0.692 bits per heavy atom. The average Bonchev–Trinajstić information content (AvgIpc) is 3.15. The molecule has 0 fully saturated rings. The summed E-state index contributed by atoms with van der Waals surface area (Å²) in [5.74, 6) is 5.36. The summed E-state index contributed by atoms with van der Waals surface area (Å²) in [7, 11) is 0. The zero-order valence-corrected chi connectivity index (χ0v) is 32.2. The second kappa shape index (κ2) is 15.2. The Labute approximate surface area is 311 Å². The predicted molar refractivity (Wildman–Crippen MR) is 228 cm³/mol. The highest BCUT2D eigenvalue weighted by molar-refractivity contribution is 6.23. The average molecular weight is 679 g/mol. The van der Waals surface area contributed by atoms with Crippen molar-refractivity contribution < 1.29 is 0 Å². The van der Waals surface area contributed by atoms with Crippen LogP contribution in [0.15, 0.2) is 140 Å². The van der Waals surface area contributed by atoms with E-state index in [2.05, 4.69) is 210 Å². The summed E-state index contributed by atoms with van der Waals surface area (Å²) in [6, 6.07) is 51.8. The van der Waals surface area contributed by atoms with E-state index in [0.717, 1.165) is 22.7 Å². The maximum Gasteiger partial charge on any atom is 0.0620 e. The van der Waals surface area contributed by atoms with Crippen molar-refractivity contribution in [2.45, 2.75) is 67.7 Å². The van der Waals surface area contributed by atoms with Gasteiger partial charge in [-0.3, -0.25) is 0 Å². The number of rotatable bonds is 6. The molecule has 0 aromatic heterocycles. The van der Waals surface area contributed by atoms with E-state index in [-0.39, 0.29) is 5.41 Å². The molecule has 0 heterocycles. The van der Waals surface area contributed by atoms with Crippen molar-refractivity contribution in [1.82, 2.24) is 0 Å². The molecule has 0 radical (unpaired) electrons. The third-order valence-electron chi connectivity index (χ3n) is 9.70. The third kappa shape index (κ3) is 7.46. The molecule has 0 unspecified atom stereocenters. The summed E-state index contributed by atoms with van der Waals surface area (Å²) >= 11 is 0. The van der Waals surface area contributed by atoms with Gasteiger partial charge in [-0.1, -0.05) is 128 Å². The van der Waals surface area contributed by atoms with Crippen LogP contribution in [-0.4, -0.2) is 0 Å². The van der Waals surface area contributed by atoms with Crippen LogP contribution in [0, 0.1) is 39.5 Å². The first-order chi connectivity index (χ1) is 25.0. The first-order valence-corrected chi connectivity index (χ1v) is 18.2. The van der Waals surface area contributed by atoms with Gasteiger partial charge in [-0.25, -0.2) is 0 Å². The Kier molecular flexibility index (Phi) is 10.5. The number of fused-ring (bicyclic) bond motifs is 2. The first kappa shape index (κ1) is 36.0. The highest BCUT2D eigenvalue weighted by atomic mass is 15.2. The zero-order chi connectivity index (χ0) is 37.0. The summed E-state index contributed by atoms with van der Waals surface area (Å²) in [4.78, 5) is 4.91. The predicted octanol–water partition coefficient (Wildman–Crippen LogP) is 14.5. The normalized spacial score (nSPS) is 11.0. The number of anilines is 6. The van der Waals surface area contributed by atoms with E-state index in [9.17, 15) is 0 Å². The van der Waals surface area contributed by atoms with Crippen LogP contribution in [0.4, 0.5) is 34.1 Å². The van der Waals surface area contributed by atoms with E-state index >= 15 is 0 Å². The highest BCUT2D eigenvalue weighted by Gasteiger charge is 2.26. The molecule has 0 atom stereocenters. The molecule has 7 aromatic rings. The number of hydrogen-bond acceptors (Lipinski definition) is 2. The number of benzene rings is 7. The molecule has 0 aliphatic carbocycles. The van der Waals surface area contributed by atoms with Gasteiger partial charge in [0, 0.05) is 44.3 Å². The van der Waals surface area contributed by atoms with Gasteiger partial charge in [-0.05, 0) is 107 Å². The highest BCUT2D eigenvalue weighted by Crippen LogP contribution is 2.51. The van der Waals surface area contributed by atoms with Gasteiger partial charge in [0.2, 0.25) is 0 Å². The minimum absolute atomic E-state index is 0.0244. The molecule has 0 aliphatic heterocycles. The molecule has 0 saturated carbocycles. The summed E-state index contributed by atoms with van der Waals surface area (Å²) in [5.41, 5.74) is 13.2. The van der Waals surface area contributed by atoms with Crippen LogP contribution in [0.1, 0.15) is 62.4 Å². The van der Waals surface area contributed by atoms with Crippen molar-refractivity contribution >= 4 is 55.7 Å². The van der Waals surface area contributed by atoms with Crippen molar-refractivity contribution in [3.05, 3.63) is 167 Å². The molecule has 0 amide bonds. The van der Waals surface area contributed by atoms with Gasteiger partial charge in [0.05, 0.1) is 11.4 Å². The van der Waals surface area contributed by atoms with Crippen LogP contribution in [0.25, 0.3) is 21.5 Å². The molecule has 52 heavy (non-hydrogen) atoms. The van der Waals surface area contributed by atoms with E-state index in [4.69, 9.17) is 0 Å². The van der Waals surface area contributed by atoms with E-state index < -0.39 is 0 Å². The number of hydrogen-bond donors (Lipinski definition) is 0. The molecule has 2 heteroatoms. The second-order valence-electron chi connectivity index (χ2n) is 14.8. The second-order valence-corrected chi connectivity index (χ2v) is 14.8. The Hall–Kier alpha value is -5.78. The van der Waals surface area contributed by atoms with Crippen molar-refractivity contribution in [2.75, 3.05) is 9.80 Å². The first-order valence-electron chi connectivity index (χ1n) is 18.2. The zero-order valence-electron chi connectivity index (χ0n) is 32.2. The lowest BCUT2D eigenvalue weighted by Gasteiger charge is -2.33. The smallest absolute Gasteiger partial charge is 0.0620 e. The lowest BCUT2D eigenvalue weighted by atomic mass is 9.84. The molecule has 7 aromatic carbocycles. The summed E-state index contributed by atoms with van der Waals surface area (Å²) in [6.07, 6.45) is 0. The van der Waals surface area contributed by atoms with Crippen molar-refractivity contribution in [3.8, 4) is 11.8 Å². The molecule has 0 aliphatic rings. The minimum atomic E-state index is -0.0244. The fourth-order valence-corrected chi connectivity index (χ4v) is 6.67. The van der Waals surface area contributed by atoms with Crippen LogP contribution >= 0.6 is 0 Å². The topological polar surface area (TPSA) is 6.48 Å². The lowest BCUT2D eigenvalue weighted by Crippen LogP contribution is -2.16. The van der Waals surface area contributed by atoms with Crippen molar-refractivity contribution in [1.29, 1.82) is 0 Å². The Bertz CT molecular complexity index is 2270. The molecule has 0 spiro atoms. The minimum Gasteiger partial charge on any atom is -0.309 e. The van der Waals surface area contributed by atoms with Crippen molar-refractivity contribution in [2.24, 2.45) is 0 Å². The summed E-state index contributed by atoms with van der Waals surface area (Å²) in [5, 5.41) is 4.84. The maximum atomic E-state index is 2.68. The molecule has 2 nitrogen and oxygen atoms in total. The number of nitrogens with zero attached hydrogens (tertiary/aromatic N) is 2. The van der Waals surface area contributed by atoms with Crippen LogP contribution in [0.5, 0.6) is 0 Å². The van der Waals surface area contributed by atoms with E-state index in [1.165, 1.54) is 60.7 Å². The maximum absolute atomic E-state index is 2.68. The largest absolute Gasteiger partial charge is 0.309 e. The van der Waals surface area contributed by atoms with Crippen LogP contribution in [0.3, 0.4) is 0 Å². The van der Waals surface area contributed by atoms with Crippen LogP contribution in [0.2, 0.25) is 0 Å². The van der Waals surface area contributed by atoms with Crippen molar-refractivity contribution in [3.63, 3.8) is 0 Å². The molecule has 0 saturated heterocycles. The van der Waals surface area contributed by atoms with Gasteiger partial charge in [0.15, 0.2) is 0 Å². The quantitative estimate of drug-likeness (QED) is 0.0981. The Morgan fingerprint density at radius 1 is 0.385 bits per heavy atom. The van der Waals surface area contributed by atoms with Crippen LogP contribution in [-0.2, 0) is 5.41 Å². The standard InChI is InChI=1S/C46H44N2.C4H6/c1-31-12-21-36(22-13-31)47(37-23-14-32(2)15-24-37)44-40-10-8-9-11-41(40)45(43-30-35(46(5,6)7)20-29-42(43)44)48(38-25-16-33(3)17-26-38)39-27-18-34(4)19-28-39;1-3-4-2/h8-30H,1-7H3;1-2H3. The van der Waals surface area contributed by atoms with Gasteiger partial charge in [-0.2, -0.15) is 0 Å². The third-order valence-corrected chi connectivity index (χ3v) is 9.70. The van der Waals surface area contributed by atoms with Crippen LogP contribution < -0.4 is 9.80 Å². The summed E-state index contributed by atoms with van der Waals surface area (Å²) in [6.45, 7) is 19.2. The SMILES string of the molecule is CC#CC.Cc1ccc(N(c2ccc(C)cc2)c2c3ccccc3c(N(c3ccc(C)cc3)c3ccc(C)cc3)c3cc(C(C)(C)C)ccc23)cc1. The lowest BCUT2D eigenvalue weighted by molar-refractivity contribution is 0.591. The molecular weight excluding hydrogens is 629 g/mol. The van der Waals surface area contributed by atoms with Gasteiger partial charge >= 0.3 is 0 Å². The van der Waals surface area contributed by atoms with E-state index in [1.807, 2.05) is 13.8 Å². The molecule has 7 rings (SSSR count). The van der Waals surface area contributed by atoms with E-state index in [1.54, 1.807) is 0 Å². The molecular formula is C50H50N2. The Morgan fingerprint density at radius 3 is 1.00 bits per heavy atom. The molecule has 260 valence electrons. The summed E-state index contributed by atoms with van der Waals surface area (Å²) < 4.78 is 0. The Balaban J connectivity index is 0.00000110. The van der Waals surface area contributed by atoms with Gasteiger partial charge < -0.3 is 9.80 Å². The van der Waals surface area contributed by atoms with Gasteiger partial charge in [0.1, 0.15) is 0 Å². The van der Waals surface area contributed by atoms with Gasteiger partial charge in [0.25, 0.3) is 0 Å².